The summed E-state index contributed by atoms with van der Waals surface area (Å²) in [5, 5.41) is 0.922. The zero-order valence-electron chi connectivity index (χ0n) is 17.7. The van der Waals surface area contributed by atoms with Gasteiger partial charge in [-0.3, -0.25) is 0 Å². The van der Waals surface area contributed by atoms with Crippen LogP contribution in [-0.2, 0) is 20.4 Å². The normalized spacial score (nSPS) is 18.3. The van der Waals surface area contributed by atoms with Gasteiger partial charge in [0.25, 0.3) is 0 Å². The first-order valence-electron chi connectivity index (χ1n) is 9.66. The lowest BCUT2D eigenvalue weighted by molar-refractivity contribution is -0.129. The Morgan fingerprint density at radius 1 is 0.633 bits per heavy atom. The van der Waals surface area contributed by atoms with Gasteiger partial charge in [0, 0.05) is 32.3 Å². The third-order valence-corrected chi connectivity index (χ3v) is 5.75. The summed E-state index contributed by atoms with van der Waals surface area (Å²) in [7, 11) is 0. The second-order valence-corrected chi connectivity index (χ2v) is 10.6. The van der Waals surface area contributed by atoms with Gasteiger partial charge in [-0.2, -0.15) is 0 Å². The van der Waals surface area contributed by atoms with Gasteiger partial charge in [0.1, 0.15) is 11.5 Å². The highest BCUT2D eigenvalue weighted by atomic mass is 35.5. The fraction of sp³-hybridized carbons (Fsp3) is 0.333. The predicted octanol–water partition coefficient (Wildman–Crippen LogP) is 6.34. The lowest BCUT2D eigenvalue weighted by Gasteiger charge is -2.21. The molecule has 0 radical (unpaired) electrons. The summed E-state index contributed by atoms with van der Waals surface area (Å²) in [6.07, 6.45) is 0. The van der Waals surface area contributed by atoms with Gasteiger partial charge in [-0.05, 0) is 35.1 Å². The van der Waals surface area contributed by atoms with Crippen LogP contribution < -0.4 is 9.47 Å². The van der Waals surface area contributed by atoms with E-state index in [1.807, 2.05) is 41.5 Å². The van der Waals surface area contributed by atoms with E-state index in [2.05, 4.69) is 0 Å². The molecule has 4 rings (SSSR count). The Morgan fingerprint density at radius 2 is 0.967 bits per heavy atom. The number of fused-ring (bicyclic) bond motifs is 2. The first kappa shape index (κ1) is 21.0. The van der Waals surface area contributed by atoms with E-state index in [1.54, 1.807) is 24.3 Å². The predicted molar refractivity (Wildman–Crippen MR) is 118 cm³/mol. The molecular formula is C24H22Cl2O4. The van der Waals surface area contributed by atoms with E-state index >= 15 is 0 Å². The molecular weight excluding hydrogens is 423 g/mol. The van der Waals surface area contributed by atoms with E-state index in [1.165, 1.54) is 0 Å². The topological polar surface area (TPSA) is 52.6 Å². The molecule has 0 aromatic heterocycles. The zero-order valence-corrected chi connectivity index (χ0v) is 19.2. The first-order chi connectivity index (χ1) is 13.8. The van der Waals surface area contributed by atoms with Crippen LogP contribution in [0.4, 0.5) is 0 Å². The van der Waals surface area contributed by atoms with Crippen molar-refractivity contribution in [1.29, 1.82) is 0 Å². The standard InChI is InChI=1S/C24H22Cl2O4/c1-23(2,3)15-9-11(25)7-13-17(21(27)29-19(13)15)18-14-8-12(26)10-16(24(4,5)6)20(14)30-22(18)28/h7-10H,1-6H3/b18-17+. The van der Waals surface area contributed by atoms with Crippen molar-refractivity contribution in [3.63, 3.8) is 0 Å². The van der Waals surface area contributed by atoms with E-state index in [9.17, 15) is 9.59 Å². The molecule has 0 saturated heterocycles. The van der Waals surface area contributed by atoms with E-state index in [0.29, 0.717) is 32.7 Å². The molecule has 2 heterocycles. The Hall–Kier alpha value is -2.30. The van der Waals surface area contributed by atoms with Gasteiger partial charge in [-0.15, -0.1) is 0 Å². The average Bonchev–Trinajstić information content (AvgIpc) is 3.07. The lowest BCUT2D eigenvalue weighted by Crippen LogP contribution is -2.13. The summed E-state index contributed by atoms with van der Waals surface area (Å²) in [4.78, 5) is 25.9. The van der Waals surface area contributed by atoms with Crippen LogP contribution in [0.3, 0.4) is 0 Å². The molecule has 0 atom stereocenters. The van der Waals surface area contributed by atoms with Crippen LogP contribution in [0.1, 0.15) is 63.8 Å². The minimum absolute atomic E-state index is 0.156. The number of ether oxygens (including phenoxy) is 2. The third kappa shape index (κ3) is 3.23. The fourth-order valence-electron chi connectivity index (χ4n) is 3.87. The van der Waals surface area contributed by atoms with Crippen molar-refractivity contribution in [3.8, 4) is 11.5 Å². The maximum absolute atomic E-state index is 13.0. The van der Waals surface area contributed by atoms with Crippen LogP contribution in [0, 0.1) is 0 Å². The molecule has 0 fully saturated rings. The van der Waals surface area contributed by atoms with E-state index in [4.69, 9.17) is 32.7 Å². The van der Waals surface area contributed by atoms with Gasteiger partial charge in [0.2, 0.25) is 0 Å². The minimum Gasteiger partial charge on any atom is -0.422 e. The number of halogens is 2. The highest BCUT2D eigenvalue weighted by Crippen LogP contribution is 2.51. The van der Waals surface area contributed by atoms with Crippen molar-refractivity contribution >= 4 is 46.3 Å². The zero-order chi connectivity index (χ0) is 22.2. The number of esters is 2. The minimum atomic E-state index is -0.602. The number of hydrogen-bond donors (Lipinski definition) is 0. The second-order valence-electron chi connectivity index (χ2n) is 9.69. The molecule has 0 saturated carbocycles. The van der Waals surface area contributed by atoms with E-state index < -0.39 is 11.9 Å². The summed E-state index contributed by atoms with van der Waals surface area (Å²) in [5.74, 6) is -0.345. The molecule has 0 amide bonds. The average molecular weight is 445 g/mol. The Labute approximate surface area is 185 Å². The maximum atomic E-state index is 13.0. The van der Waals surface area contributed by atoms with Crippen molar-refractivity contribution < 1.29 is 19.1 Å². The van der Waals surface area contributed by atoms with Crippen LogP contribution >= 0.6 is 23.2 Å². The molecule has 2 aliphatic rings. The Morgan fingerprint density at radius 3 is 1.27 bits per heavy atom. The lowest BCUT2D eigenvalue weighted by atomic mass is 9.83. The Balaban J connectivity index is 2.06. The van der Waals surface area contributed by atoms with Crippen LogP contribution in [0.25, 0.3) is 11.1 Å². The molecule has 2 aromatic carbocycles. The molecule has 0 unspecified atom stereocenters. The Bertz CT molecular complexity index is 1070. The monoisotopic (exact) mass is 444 g/mol. The quantitative estimate of drug-likeness (QED) is 0.270. The molecule has 156 valence electrons. The van der Waals surface area contributed by atoms with E-state index in [-0.39, 0.29) is 22.0 Å². The maximum Gasteiger partial charge on any atom is 0.345 e. The van der Waals surface area contributed by atoms with Gasteiger partial charge in [-0.1, -0.05) is 64.7 Å². The van der Waals surface area contributed by atoms with Crippen molar-refractivity contribution in [2.75, 3.05) is 0 Å². The molecule has 30 heavy (non-hydrogen) atoms. The summed E-state index contributed by atoms with van der Waals surface area (Å²) in [5.41, 5.74) is 2.26. The second kappa shape index (κ2) is 6.60. The fourth-order valence-corrected chi connectivity index (χ4v) is 4.31. The van der Waals surface area contributed by atoms with Gasteiger partial charge in [-0.25, -0.2) is 9.59 Å². The molecule has 0 aliphatic carbocycles. The van der Waals surface area contributed by atoms with Crippen LogP contribution in [-0.4, -0.2) is 11.9 Å². The summed E-state index contributed by atoms with van der Waals surface area (Å²) in [6, 6.07) is 6.88. The molecule has 4 nitrogen and oxygen atoms in total. The van der Waals surface area contributed by atoms with Crippen LogP contribution in [0.5, 0.6) is 11.5 Å². The molecule has 0 spiro atoms. The van der Waals surface area contributed by atoms with Gasteiger partial charge >= 0.3 is 11.9 Å². The number of rotatable bonds is 0. The molecule has 2 aromatic rings. The van der Waals surface area contributed by atoms with E-state index in [0.717, 1.165) is 11.1 Å². The van der Waals surface area contributed by atoms with Gasteiger partial charge in [0.15, 0.2) is 0 Å². The van der Waals surface area contributed by atoms with Crippen LogP contribution in [0.15, 0.2) is 24.3 Å². The molecule has 2 aliphatic heterocycles. The van der Waals surface area contributed by atoms with Crippen molar-refractivity contribution in [3.05, 3.63) is 56.6 Å². The van der Waals surface area contributed by atoms with Crippen molar-refractivity contribution in [2.24, 2.45) is 0 Å². The van der Waals surface area contributed by atoms with Crippen molar-refractivity contribution in [1.82, 2.24) is 0 Å². The number of hydrogen-bond acceptors (Lipinski definition) is 4. The molecule has 0 N–H and O–H groups in total. The summed E-state index contributed by atoms with van der Waals surface area (Å²) >= 11 is 12.7. The largest absolute Gasteiger partial charge is 0.422 e. The number of benzene rings is 2. The summed E-state index contributed by atoms with van der Waals surface area (Å²) in [6.45, 7) is 12.0. The van der Waals surface area contributed by atoms with Gasteiger partial charge < -0.3 is 9.47 Å². The molecule has 6 heteroatoms. The smallest absolute Gasteiger partial charge is 0.345 e. The number of carbonyl (C=O) groups excluding carboxylic acids is 2. The summed E-state index contributed by atoms with van der Waals surface area (Å²) < 4.78 is 11.3. The SMILES string of the molecule is CC(C)(C)c1cc(Cl)cc2c1OC(=O)/C2=C1/C(=O)Oc2c1cc(Cl)cc2C(C)(C)C. The first-order valence-corrected chi connectivity index (χ1v) is 10.4. The van der Waals surface area contributed by atoms with Crippen molar-refractivity contribution in [2.45, 2.75) is 52.4 Å². The third-order valence-electron chi connectivity index (χ3n) is 5.31. The van der Waals surface area contributed by atoms with Gasteiger partial charge in [0.05, 0.1) is 11.1 Å². The highest BCUT2D eigenvalue weighted by molar-refractivity contribution is 6.42. The Kier molecular flexibility index (Phi) is 4.61. The van der Waals surface area contributed by atoms with Crippen LogP contribution in [0.2, 0.25) is 10.0 Å². The number of carbonyl (C=O) groups is 2. The molecule has 0 bridgehead atoms. The highest BCUT2D eigenvalue weighted by Gasteiger charge is 2.42.